The third-order valence-electron chi connectivity index (χ3n) is 1.57. The minimum absolute atomic E-state index is 0.122. The van der Waals surface area contributed by atoms with E-state index in [1.54, 1.807) is 0 Å². The molecule has 0 atom stereocenters. The fourth-order valence-electron chi connectivity index (χ4n) is 0.892. The van der Waals surface area contributed by atoms with Crippen LogP contribution in [0.5, 0.6) is 0 Å². The summed E-state index contributed by atoms with van der Waals surface area (Å²) < 4.78 is -1.63. The molecule has 1 heterocycles. The minimum Gasteiger partial charge on any atom is -0.282 e. The lowest BCUT2D eigenvalue weighted by atomic mass is 10.3. The molecule has 17 heavy (non-hydrogen) atoms. The summed E-state index contributed by atoms with van der Waals surface area (Å²) in [4.78, 5) is 14.8. The van der Waals surface area contributed by atoms with Crippen LogP contribution in [-0.2, 0) is 8.59 Å². The van der Waals surface area contributed by atoms with Gasteiger partial charge in [-0.2, -0.15) is 0 Å². The highest BCUT2D eigenvalue weighted by molar-refractivity contribution is 6.66. The van der Waals surface area contributed by atoms with Gasteiger partial charge in [-0.25, -0.2) is 4.98 Å². The van der Waals surface area contributed by atoms with Gasteiger partial charge in [-0.05, 0) is 12.1 Å². The number of pyridine rings is 1. The van der Waals surface area contributed by atoms with Gasteiger partial charge in [-0.1, -0.05) is 46.4 Å². The fraction of sp³-hybridized carbons (Fsp3) is 0.250. The molecule has 0 aliphatic heterocycles. The number of nitrogens with zero attached hydrogens (tertiary/aromatic N) is 1. The Morgan fingerprint density at radius 2 is 2.00 bits per heavy atom. The smallest absolute Gasteiger partial charge is 0.253 e. The number of carbonyl (C=O) groups is 1. The number of alkyl halides is 4. The van der Waals surface area contributed by atoms with Crippen molar-refractivity contribution in [2.24, 2.45) is 0 Å². The monoisotopic (exact) mass is 335 g/mol. The molecule has 0 bridgehead atoms. The summed E-state index contributed by atoms with van der Waals surface area (Å²) in [6, 6.07) is 2.84. The highest BCUT2D eigenvalue weighted by atomic mass is 35.6. The SMILES string of the molecule is O=C(CCl)NNc1cc(C(Cl)(Cl)Cl)cc(Cl)n1. The van der Waals surface area contributed by atoms with Gasteiger partial charge in [-0.3, -0.25) is 15.6 Å². The Bertz CT molecular complexity index is 420. The second-order valence-electron chi connectivity index (χ2n) is 2.87. The average Bonchev–Trinajstić information content (AvgIpc) is 2.24. The Hall–Kier alpha value is -0.130. The van der Waals surface area contributed by atoms with Crippen molar-refractivity contribution in [1.29, 1.82) is 0 Å². The van der Waals surface area contributed by atoms with Crippen LogP contribution in [0, 0.1) is 0 Å². The molecule has 1 aromatic heterocycles. The van der Waals surface area contributed by atoms with Gasteiger partial charge in [0.2, 0.25) is 3.79 Å². The van der Waals surface area contributed by atoms with E-state index in [4.69, 9.17) is 58.0 Å². The Kier molecular flexibility index (Phi) is 5.41. The number of anilines is 1. The number of halogens is 5. The summed E-state index contributed by atoms with van der Waals surface area (Å²) in [5.41, 5.74) is 5.10. The van der Waals surface area contributed by atoms with Crippen LogP contribution in [0.4, 0.5) is 5.82 Å². The topological polar surface area (TPSA) is 54.0 Å². The van der Waals surface area contributed by atoms with Crippen molar-refractivity contribution in [2.75, 3.05) is 11.3 Å². The molecule has 4 nitrogen and oxygen atoms in total. The second-order valence-corrected chi connectivity index (χ2v) is 5.80. The number of hydrogen-bond donors (Lipinski definition) is 2. The molecule has 1 aromatic rings. The molecule has 0 radical (unpaired) electrons. The molecule has 9 heteroatoms. The summed E-state index contributed by atoms with van der Waals surface area (Å²) in [7, 11) is 0. The number of aromatic nitrogens is 1. The highest BCUT2D eigenvalue weighted by Crippen LogP contribution is 2.39. The first kappa shape index (κ1) is 14.9. The van der Waals surface area contributed by atoms with Gasteiger partial charge in [0.15, 0.2) is 0 Å². The van der Waals surface area contributed by atoms with Crippen molar-refractivity contribution in [3.63, 3.8) is 0 Å². The first-order chi connectivity index (χ1) is 7.82. The van der Waals surface area contributed by atoms with Crippen LogP contribution in [0.2, 0.25) is 5.15 Å². The molecule has 2 N–H and O–H groups in total. The Balaban J connectivity index is 2.87. The van der Waals surface area contributed by atoms with Crippen molar-refractivity contribution >= 4 is 69.7 Å². The highest BCUT2D eigenvalue weighted by Gasteiger charge is 2.24. The van der Waals surface area contributed by atoms with Crippen LogP contribution in [0.3, 0.4) is 0 Å². The van der Waals surface area contributed by atoms with Gasteiger partial charge in [0.05, 0.1) is 0 Å². The number of amides is 1. The van der Waals surface area contributed by atoms with Crippen LogP contribution < -0.4 is 10.9 Å². The van der Waals surface area contributed by atoms with E-state index in [2.05, 4.69) is 15.8 Å². The normalized spacial score (nSPS) is 11.1. The van der Waals surface area contributed by atoms with E-state index in [1.165, 1.54) is 12.1 Å². The number of hydrazine groups is 1. The third-order valence-corrected chi connectivity index (χ3v) is 2.66. The van der Waals surface area contributed by atoms with Gasteiger partial charge < -0.3 is 0 Å². The van der Waals surface area contributed by atoms with E-state index >= 15 is 0 Å². The zero-order valence-corrected chi connectivity index (χ0v) is 11.9. The molecular weight excluding hydrogens is 331 g/mol. The maximum absolute atomic E-state index is 10.9. The molecule has 1 amide bonds. The first-order valence-corrected chi connectivity index (χ1v) is 6.23. The van der Waals surface area contributed by atoms with Crippen LogP contribution in [-0.4, -0.2) is 16.8 Å². The lowest BCUT2D eigenvalue weighted by Gasteiger charge is -2.13. The summed E-state index contributed by atoms with van der Waals surface area (Å²) in [6.07, 6.45) is 0. The minimum atomic E-state index is -1.63. The zero-order valence-electron chi connectivity index (χ0n) is 8.11. The van der Waals surface area contributed by atoms with Gasteiger partial charge >= 0.3 is 0 Å². The quantitative estimate of drug-likeness (QED) is 0.506. The fourth-order valence-corrected chi connectivity index (χ4v) is 1.49. The van der Waals surface area contributed by atoms with Crippen LogP contribution in [0.15, 0.2) is 12.1 Å². The van der Waals surface area contributed by atoms with Gasteiger partial charge in [-0.15, -0.1) is 11.6 Å². The van der Waals surface area contributed by atoms with E-state index in [-0.39, 0.29) is 16.9 Å². The third kappa shape index (κ3) is 4.94. The van der Waals surface area contributed by atoms with E-state index in [9.17, 15) is 4.79 Å². The summed E-state index contributed by atoms with van der Waals surface area (Å²) in [5.74, 6) is -0.383. The predicted octanol–water partition coefficient (Wildman–Crippen LogP) is 3.24. The van der Waals surface area contributed by atoms with E-state index < -0.39 is 9.70 Å². The lowest BCUT2D eigenvalue weighted by Crippen LogP contribution is -2.30. The lowest BCUT2D eigenvalue weighted by molar-refractivity contribution is -0.118. The Morgan fingerprint density at radius 3 is 2.53 bits per heavy atom. The zero-order chi connectivity index (χ0) is 13.1. The van der Waals surface area contributed by atoms with Crippen LogP contribution in [0.1, 0.15) is 5.56 Å². The molecule has 1 rings (SSSR count). The van der Waals surface area contributed by atoms with E-state index in [0.29, 0.717) is 5.56 Å². The summed E-state index contributed by atoms with van der Waals surface area (Å²) >= 11 is 28.1. The van der Waals surface area contributed by atoms with Crippen LogP contribution in [0.25, 0.3) is 0 Å². The van der Waals surface area contributed by atoms with Crippen molar-refractivity contribution in [2.45, 2.75) is 3.79 Å². The van der Waals surface area contributed by atoms with Gasteiger partial charge in [0, 0.05) is 5.56 Å². The molecule has 0 spiro atoms. The first-order valence-electron chi connectivity index (χ1n) is 4.18. The standard InChI is InChI=1S/C8H6Cl5N3O/c9-3-7(17)16-15-6-2-4(8(11,12)13)1-5(10)14-6/h1-2H,3H2,(H,14,15)(H,16,17). The maximum Gasteiger partial charge on any atom is 0.253 e. The van der Waals surface area contributed by atoms with Crippen molar-refractivity contribution < 1.29 is 4.79 Å². The number of nitrogens with one attached hydrogen (secondary N) is 2. The van der Waals surface area contributed by atoms with Gasteiger partial charge in [0.25, 0.3) is 5.91 Å². The average molecular weight is 337 g/mol. The van der Waals surface area contributed by atoms with Crippen molar-refractivity contribution in [3.8, 4) is 0 Å². The van der Waals surface area contributed by atoms with E-state index in [0.717, 1.165) is 0 Å². The summed E-state index contributed by atoms with van der Waals surface area (Å²) in [5, 5.41) is 0.122. The number of carbonyl (C=O) groups excluding carboxylic acids is 1. The Morgan fingerprint density at radius 1 is 1.35 bits per heavy atom. The molecule has 0 saturated heterocycles. The Labute approximate surface area is 122 Å². The summed E-state index contributed by atoms with van der Waals surface area (Å²) in [6.45, 7) is 0. The largest absolute Gasteiger partial charge is 0.282 e. The van der Waals surface area contributed by atoms with E-state index in [1.807, 2.05) is 0 Å². The number of hydrogen-bond acceptors (Lipinski definition) is 3. The molecule has 0 saturated carbocycles. The van der Waals surface area contributed by atoms with Crippen LogP contribution >= 0.6 is 58.0 Å². The molecule has 0 aliphatic carbocycles. The van der Waals surface area contributed by atoms with Crippen molar-refractivity contribution in [3.05, 3.63) is 22.8 Å². The molecule has 0 aliphatic rings. The van der Waals surface area contributed by atoms with Crippen molar-refractivity contribution in [1.82, 2.24) is 10.4 Å². The molecular formula is C8H6Cl5N3O. The second kappa shape index (κ2) is 6.16. The number of rotatable bonds is 3. The van der Waals surface area contributed by atoms with Gasteiger partial charge in [0.1, 0.15) is 16.9 Å². The molecule has 94 valence electrons. The molecule has 0 unspecified atom stereocenters. The molecule has 0 fully saturated rings. The molecule has 0 aromatic carbocycles. The maximum atomic E-state index is 10.9. The predicted molar refractivity (Wildman–Crippen MR) is 71.0 cm³/mol.